The fraction of sp³-hybridized carbons (Fsp3) is 0.569. The smallest absolute Gasteiger partial charge is 0.306 e. The zero-order valence-electron chi connectivity index (χ0n) is 45.0. The van der Waals surface area contributed by atoms with Crippen molar-refractivity contribution in [2.75, 3.05) is 19.8 Å². The lowest BCUT2D eigenvalue weighted by Crippen LogP contribution is -2.30. The second-order valence-electron chi connectivity index (χ2n) is 17.7. The lowest BCUT2D eigenvalue weighted by atomic mass is 10.1. The number of carbonyl (C=O) groups is 2. The third-order valence-electron chi connectivity index (χ3n) is 11.0. The van der Waals surface area contributed by atoms with E-state index >= 15 is 0 Å². The minimum absolute atomic E-state index is 0.0385. The Morgan fingerprint density at radius 3 is 0.957 bits per heavy atom. The molecule has 392 valence electrons. The van der Waals surface area contributed by atoms with Crippen LogP contribution in [0, 0.1) is 0 Å². The first-order chi connectivity index (χ1) is 34.6. The van der Waals surface area contributed by atoms with E-state index < -0.39 is 6.10 Å². The van der Waals surface area contributed by atoms with Crippen LogP contribution in [-0.4, -0.2) is 37.9 Å². The van der Waals surface area contributed by atoms with Crippen molar-refractivity contribution in [3.8, 4) is 0 Å². The molecule has 0 rings (SSSR count). The zero-order chi connectivity index (χ0) is 50.6. The van der Waals surface area contributed by atoms with E-state index in [1.807, 2.05) is 0 Å². The van der Waals surface area contributed by atoms with Gasteiger partial charge in [0.25, 0.3) is 0 Å². The van der Waals surface area contributed by atoms with Crippen molar-refractivity contribution in [3.05, 3.63) is 158 Å². The Bertz CT molecular complexity index is 1560. The molecule has 0 N–H and O–H groups in total. The molecule has 0 spiro atoms. The molecule has 5 heteroatoms. The van der Waals surface area contributed by atoms with E-state index in [-0.39, 0.29) is 25.2 Å². The molecule has 5 nitrogen and oxygen atoms in total. The highest BCUT2D eigenvalue weighted by atomic mass is 16.6. The average molecular weight is 964 g/mol. The van der Waals surface area contributed by atoms with Gasteiger partial charge in [0.1, 0.15) is 6.61 Å². The largest absolute Gasteiger partial charge is 0.462 e. The van der Waals surface area contributed by atoms with Crippen LogP contribution in [0.15, 0.2) is 158 Å². The first-order valence-corrected chi connectivity index (χ1v) is 28.0. The van der Waals surface area contributed by atoms with Gasteiger partial charge in [-0.15, -0.1) is 0 Å². The van der Waals surface area contributed by atoms with Crippen LogP contribution in [0.5, 0.6) is 0 Å². The van der Waals surface area contributed by atoms with Gasteiger partial charge >= 0.3 is 11.9 Å². The van der Waals surface area contributed by atoms with Gasteiger partial charge < -0.3 is 14.2 Å². The van der Waals surface area contributed by atoms with E-state index in [1.165, 1.54) is 19.3 Å². The summed E-state index contributed by atoms with van der Waals surface area (Å²) in [5.74, 6) is -0.477. The minimum atomic E-state index is -0.592. The maximum atomic E-state index is 12.9. The van der Waals surface area contributed by atoms with E-state index in [2.05, 4.69) is 179 Å². The molecule has 1 unspecified atom stereocenters. The number of hydrogen-bond acceptors (Lipinski definition) is 5. The van der Waals surface area contributed by atoms with Crippen molar-refractivity contribution in [2.24, 2.45) is 0 Å². The highest BCUT2D eigenvalue weighted by Gasteiger charge is 2.17. The van der Waals surface area contributed by atoms with E-state index in [9.17, 15) is 9.59 Å². The van der Waals surface area contributed by atoms with Crippen LogP contribution in [0.2, 0.25) is 0 Å². The van der Waals surface area contributed by atoms with Crippen molar-refractivity contribution in [2.45, 2.75) is 219 Å². The molecule has 0 saturated carbocycles. The Morgan fingerprint density at radius 1 is 0.314 bits per heavy atom. The number of rotatable bonds is 49. The number of hydrogen-bond donors (Lipinski definition) is 0. The van der Waals surface area contributed by atoms with Crippen LogP contribution in [0.1, 0.15) is 213 Å². The quantitative estimate of drug-likeness (QED) is 0.0345. The van der Waals surface area contributed by atoms with Crippen LogP contribution < -0.4 is 0 Å². The lowest BCUT2D eigenvalue weighted by molar-refractivity contribution is -0.163. The maximum Gasteiger partial charge on any atom is 0.306 e. The Hall–Kier alpha value is -4.48. The number of esters is 2. The summed E-state index contributed by atoms with van der Waals surface area (Å²) < 4.78 is 17.4. The molecule has 0 saturated heterocycles. The lowest BCUT2D eigenvalue weighted by Gasteiger charge is -2.18. The molecular weight excluding hydrogens is 861 g/mol. The molecule has 0 bridgehead atoms. The van der Waals surface area contributed by atoms with Crippen molar-refractivity contribution >= 4 is 11.9 Å². The van der Waals surface area contributed by atoms with Gasteiger partial charge in [-0.25, -0.2) is 0 Å². The molecule has 0 aromatic carbocycles. The number of unbranched alkanes of at least 4 members (excludes halogenated alkanes) is 12. The third-order valence-corrected chi connectivity index (χ3v) is 11.0. The molecular formula is C65H102O5. The van der Waals surface area contributed by atoms with Crippen LogP contribution >= 0.6 is 0 Å². The molecule has 0 radical (unpaired) electrons. The third kappa shape index (κ3) is 56.1. The fourth-order valence-electron chi connectivity index (χ4n) is 6.99. The van der Waals surface area contributed by atoms with Gasteiger partial charge in [0.15, 0.2) is 6.10 Å². The molecule has 0 aromatic heterocycles. The molecule has 0 heterocycles. The fourth-order valence-corrected chi connectivity index (χ4v) is 6.99. The molecule has 0 aliphatic heterocycles. The predicted octanol–water partition coefficient (Wildman–Crippen LogP) is 19.5. The number of allylic oxidation sites excluding steroid dienone is 26. The summed E-state index contributed by atoms with van der Waals surface area (Å²) in [6.07, 6.45) is 86.9. The Labute approximate surface area is 431 Å². The van der Waals surface area contributed by atoms with Gasteiger partial charge in [-0.2, -0.15) is 0 Å². The first-order valence-electron chi connectivity index (χ1n) is 28.0. The highest BCUT2D eigenvalue weighted by Crippen LogP contribution is 2.12. The summed E-state index contributed by atoms with van der Waals surface area (Å²) in [7, 11) is 0. The number of carbonyl (C=O) groups excluding carboxylic acids is 2. The molecule has 1 atom stereocenters. The zero-order valence-corrected chi connectivity index (χ0v) is 45.0. The molecule has 0 fully saturated rings. The summed E-state index contributed by atoms with van der Waals surface area (Å²) in [5.41, 5.74) is 0. The van der Waals surface area contributed by atoms with Gasteiger partial charge in [-0.3, -0.25) is 9.59 Å². The maximum absolute atomic E-state index is 12.9. The van der Waals surface area contributed by atoms with Crippen LogP contribution in [-0.2, 0) is 23.8 Å². The van der Waals surface area contributed by atoms with Crippen molar-refractivity contribution in [3.63, 3.8) is 0 Å². The number of ether oxygens (including phenoxy) is 3. The molecule has 0 amide bonds. The van der Waals surface area contributed by atoms with Crippen LogP contribution in [0.4, 0.5) is 0 Å². The monoisotopic (exact) mass is 963 g/mol. The Kier molecular flexibility index (Phi) is 55.1. The molecule has 70 heavy (non-hydrogen) atoms. The van der Waals surface area contributed by atoms with E-state index in [4.69, 9.17) is 14.2 Å². The van der Waals surface area contributed by atoms with Crippen molar-refractivity contribution in [1.29, 1.82) is 0 Å². The van der Waals surface area contributed by atoms with Crippen molar-refractivity contribution < 1.29 is 23.8 Å². The minimum Gasteiger partial charge on any atom is -0.462 e. The summed E-state index contributed by atoms with van der Waals surface area (Å²) in [4.78, 5) is 25.5. The molecule has 0 aromatic rings. The van der Waals surface area contributed by atoms with Gasteiger partial charge in [0.05, 0.1) is 6.61 Å². The molecule has 0 aliphatic rings. The Morgan fingerprint density at radius 2 is 0.600 bits per heavy atom. The standard InChI is InChI=1S/C65H102O5/c1-4-7-10-13-16-19-22-25-28-31-33-35-37-40-43-46-49-52-55-58-64(66)69-62-63(61-68-60-57-54-51-48-45-42-39-36-32-29-26-23-20-17-14-11-8-5-2)70-65(67)59-56-53-50-47-44-41-38-34-30-27-24-21-18-15-12-9-6-3/h7-12,16-21,25-30,33,35-36,38-39,41,45,48,63H,4-6,13-15,22-24,31-32,34,37,40,42-44,46-47,49-62H2,1-3H3/b10-7-,11-8-,12-9-,19-16-,20-17-,21-18-,28-25-,29-26-,30-27-,35-33-,39-36-,41-38-,48-45-. The second-order valence-corrected chi connectivity index (χ2v) is 17.7. The van der Waals surface area contributed by atoms with E-state index in [0.717, 1.165) is 161 Å². The topological polar surface area (TPSA) is 61.8 Å². The van der Waals surface area contributed by atoms with Gasteiger partial charge in [0.2, 0.25) is 0 Å². The van der Waals surface area contributed by atoms with Crippen LogP contribution in [0.3, 0.4) is 0 Å². The van der Waals surface area contributed by atoms with Gasteiger partial charge in [-0.1, -0.05) is 217 Å². The summed E-state index contributed by atoms with van der Waals surface area (Å²) >= 11 is 0. The van der Waals surface area contributed by atoms with Crippen LogP contribution in [0.25, 0.3) is 0 Å². The first kappa shape index (κ1) is 65.5. The predicted molar refractivity (Wildman–Crippen MR) is 306 cm³/mol. The van der Waals surface area contributed by atoms with E-state index in [0.29, 0.717) is 19.4 Å². The summed E-state index contributed by atoms with van der Waals surface area (Å²) in [6, 6.07) is 0. The highest BCUT2D eigenvalue weighted by molar-refractivity contribution is 5.70. The van der Waals surface area contributed by atoms with Crippen molar-refractivity contribution in [1.82, 2.24) is 0 Å². The second kappa shape index (κ2) is 58.8. The Balaban J connectivity index is 4.47. The van der Waals surface area contributed by atoms with Gasteiger partial charge in [0, 0.05) is 19.4 Å². The summed E-state index contributed by atoms with van der Waals surface area (Å²) in [5, 5.41) is 0. The summed E-state index contributed by atoms with van der Waals surface area (Å²) in [6.45, 7) is 7.32. The van der Waals surface area contributed by atoms with E-state index in [1.54, 1.807) is 0 Å². The normalized spacial score (nSPS) is 13.5. The molecule has 0 aliphatic carbocycles. The average Bonchev–Trinajstić information content (AvgIpc) is 3.36. The van der Waals surface area contributed by atoms with Gasteiger partial charge in [-0.05, 0) is 141 Å². The SMILES string of the molecule is CC/C=C\C/C=C\C/C=C\C/C=C\C/C=C\CCCCOCC(COC(=O)CCCCCCCC/C=C\C/C=C\C/C=C\C/C=C\CC)OC(=O)CCCCCC/C=C\C/C=C\C/C=C\C/C=C\CC.